The topological polar surface area (TPSA) is 61.8 Å². The highest BCUT2D eigenvalue weighted by atomic mass is 28.4. The lowest BCUT2D eigenvalue weighted by atomic mass is 10.0. The van der Waals surface area contributed by atoms with Crippen molar-refractivity contribution in [1.82, 2.24) is 0 Å². The van der Waals surface area contributed by atoms with E-state index in [1.807, 2.05) is 20.8 Å². The number of carbonyl (C=O) groups is 2. The van der Waals surface area contributed by atoms with Crippen LogP contribution in [-0.4, -0.2) is 40.2 Å². The van der Waals surface area contributed by atoms with Gasteiger partial charge in [-0.1, -0.05) is 0 Å². The minimum Gasteiger partial charge on any atom is -0.374 e. The lowest BCUT2D eigenvalue weighted by molar-refractivity contribution is -0.130. The summed E-state index contributed by atoms with van der Waals surface area (Å²) >= 11 is 0. The fourth-order valence-electron chi connectivity index (χ4n) is 1.79. The molecule has 0 amide bonds. The molecule has 5 nitrogen and oxygen atoms in total. The fourth-order valence-corrected chi connectivity index (χ4v) is 4.78. The molecule has 0 heterocycles. The summed E-state index contributed by atoms with van der Waals surface area (Å²) in [6.07, 6.45) is 0. The summed E-state index contributed by atoms with van der Waals surface area (Å²) in [7, 11) is -2.93. The van der Waals surface area contributed by atoms with Gasteiger partial charge in [0.25, 0.3) is 0 Å². The molecule has 0 aliphatic rings. The van der Waals surface area contributed by atoms with Crippen LogP contribution in [0, 0.1) is 5.92 Å². The minimum atomic E-state index is -2.93. The molecule has 0 aliphatic carbocycles. The maximum absolute atomic E-state index is 11.5. The molecule has 18 heavy (non-hydrogen) atoms. The Bertz CT molecular complexity index is 249. The van der Waals surface area contributed by atoms with Crippen LogP contribution in [0.3, 0.4) is 0 Å². The van der Waals surface area contributed by atoms with Crippen molar-refractivity contribution in [3.63, 3.8) is 0 Å². The molecule has 0 rings (SSSR count). The Balaban J connectivity index is 5.02. The molecule has 0 unspecified atom stereocenters. The van der Waals surface area contributed by atoms with Crippen molar-refractivity contribution in [2.45, 2.75) is 40.7 Å². The van der Waals surface area contributed by atoms with Crippen LogP contribution in [0.2, 0.25) is 6.04 Å². The Hall–Kier alpha value is -0.563. The van der Waals surface area contributed by atoms with E-state index in [4.69, 9.17) is 13.3 Å². The van der Waals surface area contributed by atoms with Crippen molar-refractivity contribution in [3.05, 3.63) is 0 Å². The lowest BCUT2D eigenvalue weighted by Crippen LogP contribution is -2.49. The number of Topliss-reactive ketones (excluding diaryl/α,β-unsaturated/α-hetero) is 2. The molecule has 0 radical (unpaired) electrons. The fraction of sp³-hybridized carbons (Fsp3) is 0.833. The Kier molecular flexibility index (Phi) is 8.26. The highest BCUT2D eigenvalue weighted by molar-refractivity contribution is 6.61. The maximum Gasteiger partial charge on any atom is 0.502 e. The second-order valence-electron chi connectivity index (χ2n) is 3.96. The Morgan fingerprint density at radius 3 is 1.44 bits per heavy atom. The van der Waals surface area contributed by atoms with Gasteiger partial charge < -0.3 is 13.3 Å². The van der Waals surface area contributed by atoms with Crippen molar-refractivity contribution in [1.29, 1.82) is 0 Å². The predicted molar refractivity (Wildman–Crippen MR) is 70.3 cm³/mol. The number of hydrogen-bond donors (Lipinski definition) is 0. The Morgan fingerprint density at radius 2 is 1.22 bits per heavy atom. The summed E-state index contributed by atoms with van der Waals surface area (Å²) in [6.45, 7) is 9.67. The first-order valence-corrected chi connectivity index (χ1v) is 8.28. The summed E-state index contributed by atoms with van der Waals surface area (Å²) in [4.78, 5) is 23.0. The van der Waals surface area contributed by atoms with Gasteiger partial charge in [0.2, 0.25) is 0 Å². The molecule has 0 aromatic carbocycles. The Labute approximate surface area is 110 Å². The molecular weight excluding hydrogens is 252 g/mol. The third kappa shape index (κ3) is 5.39. The average Bonchev–Trinajstić information content (AvgIpc) is 2.26. The molecule has 0 atom stereocenters. The zero-order valence-corrected chi connectivity index (χ0v) is 12.9. The molecular formula is C12H24O5Si. The Morgan fingerprint density at radius 1 is 0.889 bits per heavy atom. The van der Waals surface area contributed by atoms with E-state index in [1.54, 1.807) is 0 Å². The van der Waals surface area contributed by atoms with E-state index in [1.165, 1.54) is 13.8 Å². The second-order valence-corrected chi connectivity index (χ2v) is 6.60. The molecule has 106 valence electrons. The van der Waals surface area contributed by atoms with Crippen LogP contribution in [0.1, 0.15) is 34.6 Å². The largest absolute Gasteiger partial charge is 0.502 e. The van der Waals surface area contributed by atoms with Crippen molar-refractivity contribution >= 4 is 20.4 Å². The van der Waals surface area contributed by atoms with Gasteiger partial charge in [-0.3, -0.25) is 9.59 Å². The monoisotopic (exact) mass is 276 g/mol. The van der Waals surface area contributed by atoms with E-state index >= 15 is 0 Å². The minimum absolute atomic E-state index is 0.168. The highest BCUT2D eigenvalue weighted by Crippen LogP contribution is 2.23. The molecule has 0 aromatic heterocycles. The first-order chi connectivity index (χ1) is 8.42. The van der Waals surface area contributed by atoms with E-state index in [2.05, 4.69) is 0 Å². The van der Waals surface area contributed by atoms with Gasteiger partial charge in [0.05, 0.1) is 5.92 Å². The molecule has 6 heteroatoms. The molecule has 0 aromatic rings. The van der Waals surface area contributed by atoms with Crippen LogP contribution < -0.4 is 0 Å². The van der Waals surface area contributed by atoms with Crippen LogP contribution in [0.25, 0.3) is 0 Å². The van der Waals surface area contributed by atoms with Crippen LogP contribution in [0.4, 0.5) is 0 Å². The van der Waals surface area contributed by atoms with E-state index in [0.29, 0.717) is 19.8 Å². The van der Waals surface area contributed by atoms with Gasteiger partial charge in [-0.2, -0.15) is 0 Å². The summed E-state index contributed by atoms with van der Waals surface area (Å²) < 4.78 is 16.9. The third-order valence-electron chi connectivity index (χ3n) is 2.53. The maximum atomic E-state index is 11.5. The molecule has 0 bridgehead atoms. The number of carbonyl (C=O) groups excluding carboxylic acids is 2. The number of ketones is 2. The van der Waals surface area contributed by atoms with Crippen molar-refractivity contribution in [3.8, 4) is 0 Å². The van der Waals surface area contributed by atoms with E-state index in [-0.39, 0.29) is 17.6 Å². The summed E-state index contributed by atoms with van der Waals surface area (Å²) in [5.74, 6) is -1.03. The second kappa shape index (κ2) is 8.52. The van der Waals surface area contributed by atoms with Gasteiger partial charge in [0.15, 0.2) is 0 Å². The number of hydrogen-bond acceptors (Lipinski definition) is 5. The zero-order chi connectivity index (χ0) is 14.2. The SMILES string of the molecule is CCO[Si](CC(C(C)=O)C(C)=O)(OCC)OCC. The van der Waals surface area contributed by atoms with Crippen LogP contribution >= 0.6 is 0 Å². The van der Waals surface area contributed by atoms with Gasteiger partial charge in [-0.05, 0) is 34.6 Å². The smallest absolute Gasteiger partial charge is 0.374 e. The van der Waals surface area contributed by atoms with Crippen LogP contribution in [-0.2, 0) is 22.9 Å². The van der Waals surface area contributed by atoms with Crippen LogP contribution in [0.5, 0.6) is 0 Å². The van der Waals surface area contributed by atoms with Gasteiger partial charge >= 0.3 is 8.80 Å². The molecule has 0 saturated heterocycles. The predicted octanol–water partition coefficient (Wildman–Crippen LogP) is 1.83. The van der Waals surface area contributed by atoms with E-state index in [0.717, 1.165) is 0 Å². The standard InChI is InChI=1S/C12H24O5Si/c1-6-15-18(16-7-2,17-8-3)9-12(10(4)13)11(5)14/h12H,6-9H2,1-5H3. The van der Waals surface area contributed by atoms with Gasteiger partial charge in [0, 0.05) is 25.9 Å². The van der Waals surface area contributed by atoms with E-state index in [9.17, 15) is 9.59 Å². The van der Waals surface area contributed by atoms with Gasteiger partial charge in [-0.25, -0.2) is 0 Å². The van der Waals surface area contributed by atoms with Gasteiger partial charge in [0.1, 0.15) is 11.6 Å². The first-order valence-electron chi connectivity index (χ1n) is 6.35. The van der Waals surface area contributed by atoms with Crippen LogP contribution in [0.15, 0.2) is 0 Å². The molecule has 0 aliphatic heterocycles. The average molecular weight is 276 g/mol. The van der Waals surface area contributed by atoms with E-state index < -0.39 is 14.7 Å². The molecule has 0 N–H and O–H groups in total. The third-order valence-corrected chi connectivity index (χ3v) is 5.62. The number of rotatable bonds is 10. The highest BCUT2D eigenvalue weighted by Gasteiger charge is 2.45. The first kappa shape index (κ1) is 17.4. The van der Waals surface area contributed by atoms with Crippen molar-refractivity contribution in [2.75, 3.05) is 19.8 Å². The summed E-state index contributed by atoms with van der Waals surface area (Å²) in [5, 5.41) is 0. The lowest BCUT2D eigenvalue weighted by Gasteiger charge is -2.30. The summed E-state index contributed by atoms with van der Waals surface area (Å²) in [6, 6.07) is 0.229. The van der Waals surface area contributed by atoms with Crippen molar-refractivity contribution < 1.29 is 22.9 Å². The molecule has 0 fully saturated rings. The zero-order valence-electron chi connectivity index (χ0n) is 11.9. The quantitative estimate of drug-likeness (QED) is 0.450. The molecule has 0 spiro atoms. The molecule has 0 saturated carbocycles. The summed E-state index contributed by atoms with van der Waals surface area (Å²) in [5.41, 5.74) is 0. The van der Waals surface area contributed by atoms with Crippen molar-refractivity contribution in [2.24, 2.45) is 5.92 Å². The normalized spacial score (nSPS) is 11.9. The van der Waals surface area contributed by atoms with Gasteiger partial charge in [-0.15, -0.1) is 0 Å².